The Bertz CT molecular complexity index is 663. The SMILES string of the molecule is Cc1cccc(C)c1OC1CCN(CC(=O)NCCCN2CCCC2=O)CC1. The average Bonchev–Trinajstić information content (AvgIpc) is 3.08. The summed E-state index contributed by atoms with van der Waals surface area (Å²) in [6.45, 7) is 8.62. The van der Waals surface area contributed by atoms with Gasteiger partial charge in [0.25, 0.3) is 0 Å². The maximum Gasteiger partial charge on any atom is 0.234 e. The monoisotopic (exact) mass is 387 g/mol. The molecule has 2 aliphatic rings. The molecule has 0 bridgehead atoms. The van der Waals surface area contributed by atoms with Gasteiger partial charge in [-0.15, -0.1) is 0 Å². The van der Waals surface area contributed by atoms with Crippen molar-refractivity contribution in [2.45, 2.75) is 52.1 Å². The lowest BCUT2D eigenvalue weighted by Gasteiger charge is -2.32. The van der Waals surface area contributed by atoms with Gasteiger partial charge in [0.1, 0.15) is 11.9 Å². The topological polar surface area (TPSA) is 61.9 Å². The van der Waals surface area contributed by atoms with Gasteiger partial charge in [-0.25, -0.2) is 0 Å². The van der Waals surface area contributed by atoms with E-state index >= 15 is 0 Å². The summed E-state index contributed by atoms with van der Waals surface area (Å²) >= 11 is 0. The smallest absolute Gasteiger partial charge is 0.234 e. The molecule has 2 heterocycles. The number of benzene rings is 1. The number of para-hydroxylation sites is 1. The lowest BCUT2D eigenvalue weighted by atomic mass is 10.1. The number of aryl methyl sites for hydroxylation is 2. The first-order chi connectivity index (χ1) is 13.5. The van der Waals surface area contributed by atoms with E-state index in [0.717, 1.165) is 57.6 Å². The zero-order valence-corrected chi connectivity index (χ0v) is 17.2. The maximum absolute atomic E-state index is 12.2. The number of rotatable bonds is 8. The molecule has 0 aliphatic carbocycles. The van der Waals surface area contributed by atoms with Crippen LogP contribution in [0.25, 0.3) is 0 Å². The molecule has 0 unspecified atom stereocenters. The van der Waals surface area contributed by atoms with Gasteiger partial charge in [-0.05, 0) is 50.7 Å². The molecule has 2 aliphatic heterocycles. The van der Waals surface area contributed by atoms with Gasteiger partial charge in [-0.1, -0.05) is 18.2 Å². The first-order valence-electron chi connectivity index (χ1n) is 10.5. The van der Waals surface area contributed by atoms with Crippen molar-refractivity contribution in [3.8, 4) is 5.75 Å². The van der Waals surface area contributed by atoms with E-state index < -0.39 is 0 Å². The van der Waals surface area contributed by atoms with Crippen LogP contribution < -0.4 is 10.1 Å². The zero-order chi connectivity index (χ0) is 19.9. The largest absolute Gasteiger partial charge is 0.490 e. The van der Waals surface area contributed by atoms with E-state index in [-0.39, 0.29) is 17.9 Å². The van der Waals surface area contributed by atoms with Gasteiger partial charge in [0.15, 0.2) is 0 Å². The van der Waals surface area contributed by atoms with Gasteiger partial charge in [-0.3, -0.25) is 14.5 Å². The van der Waals surface area contributed by atoms with Crippen molar-refractivity contribution < 1.29 is 14.3 Å². The van der Waals surface area contributed by atoms with E-state index in [2.05, 4.69) is 42.3 Å². The van der Waals surface area contributed by atoms with Crippen LogP contribution in [0.1, 0.15) is 43.2 Å². The summed E-state index contributed by atoms with van der Waals surface area (Å²) in [6.07, 6.45) is 4.57. The number of carbonyl (C=O) groups is 2. The summed E-state index contributed by atoms with van der Waals surface area (Å²) in [6, 6.07) is 6.23. The first kappa shape index (κ1) is 20.6. The number of ether oxygens (including phenoxy) is 1. The molecule has 0 atom stereocenters. The number of nitrogens with zero attached hydrogens (tertiary/aromatic N) is 2. The highest BCUT2D eigenvalue weighted by atomic mass is 16.5. The fraction of sp³-hybridized carbons (Fsp3) is 0.636. The third-order valence-corrected chi connectivity index (χ3v) is 5.69. The molecule has 2 fully saturated rings. The second-order valence-electron chi connectivity index (χ2n) is 8.00. The van der Waals surface area contributed by atoms with Crippen molar-refractivity contribution in [3.63, 3.8) is 0 Å². The number of hydrogen-bond donors (Lipinski definition) is 1. The molecule has 28 heavy (non-hydrogen) atoms. The van der Waals surface area contributed by atoms with Crippen LogP contribution in [0.4, 0.5) is 0 Å². The Hall–Kier alpha value is -2.08. The van der Waals surface area contributed by atoms with E-state index in [1.807, 2.05) is 4.90 Å². The highest BCUT2D eigenvalue weighted by Gasteiger charge is 2.23. The number of likely N-dealkylation sites (tertiary alicyclic amines) is 2. The van der Waals surface area contributed by atoms with Crippen molar-refractivity contribution >= 4 is 11.8 Å². The van der Waals surface area contributed by atoms with Gasteiger partial charge >= 0.3 is 0 Å². The Kier molecular flexibility index (Phi) is 7.31. The number of nitrogens with one attached hydrogen (secondary N) is 1. The van der Waals surface area contributed by atoms with E-state index in [4.69, 9.17) is 4.74 Å². The molecule has 1 aromatic rings. The summed E-state index contributed by atoms with van der Waals surface area (Å²) < 4.78 is 6.25. The standard InChI is InChI=1S/C22H33N3O3/c1-17-6-3-7-18(2)22(17)28-19-9-14-24(15-10-19)16-20(26)23-11-5-13-25-12-4-8-21(25)27/h3,6-7,19H,4-5,8-16H2,1-2H3,(H,23,26). The molecule has 0 spiro atoms. The number of piperidine rings is 1. The molecule has 2 amide bonds. The summed E-state index contributed by atoms with van der Waals surface area (Å²) in [7, 11) is 0. The Morgan fingerprint density at radius 1 is 1.18 bits per heavy atom. The molecule has 2 saturated heterocycles. The molecular weight excluding hydrogens is 354 g/mol. The Morgan fingerprint density at radius 3 is 2.54 bits per heavy atom. The summed E-state index contributed by atoms with van der Waals surface area (Å²) in [5, 5.41) is 2.98. The Morgan fingerprint density at radius 2 is 1.89 bits per heavy atom. The molecule has 154 valence electrons. The van der Waals surface area contributed by atoms with Gasteiger partial charge in [0.2, 0.25) is 11.8 Å². The zero-order valence-electron chi connectivity index (χ0n) is 17.2. The van der Waals surface area contributed by atoms with Gasteiger partial charge < -0.3 is 15.0 Å². The lowest BCUT2D eigenvalue weighted by molar-refractivity contribution is -0.127. The predicted octanol–water partition coefficient (Wildman–Crippen LogP) is 2.28. The number of carbonyl (C=O) groups excluding carboxylic acids is 2. The molecule has 6 nitrogen and oxygen atoms in total. The molecule has 6 heteroatoms. The van der Waals surface area contributed by atoms with Crippen LogP contribution in [0.2, 0.25) is 0 Å². The van der Waals surface area contributed by atoms with E-state index in [1.54, 1.807) is 0 Å². The average molecular weight is 388 g/mol. The van der Waals surface area contributed by atoms with Crippen molar-refractivity contribution in [2.75, 3.05) is 39.3 Å². The van der Waals surface area contributed by atoms with E-state index in [0.29, 0.717) is 19.5 Å². The van der Waals surface area contributed by atoms with Crippen LogP contribution in [0.5, 0.6) is 5.75 Å². The maximum atomic E-state index is 12.2. The van der Waals surface area contributed by atoms with E-state index in [9.17, 15) is 9.59 Å². The number of hydrogen-bond acceptors (Lipinski definition) is 4. The highest BCUT2D eigenvalue weighted by molar-refractivity contribution is 5.78. The van der Waals surface area contributed by atoms with Gasteiger partial charge in [-0.2, -0.15) is 0 Å². The second kappa shape index (κ2) is 9.92. The molecule has 0 radical (unpaired) electrons. The Balaban J connectivity index is 1.31. The molecule has 3 rings (SSSR count). The minimum atomic E-state index is 0.0712. The molecular formula is C22H33N3O3. The third-order valence-electron chi connectivity index (χ3n) is 5.69. The fourth-order valence-corrected chi connectivity index (χ4v) is 4.03. The van der Waals surface area contributed by atoms with Crippen molar-refractivity contribution in [2.24, 2.45) is 0 Å². The molecule has 1 aromatic carbocycles. The fourth-order valence-electron chi connectivity index (χ4n) is 4.03. The van der Waals surface area contributed by atoms with Crippen LogP contribution in [0.3, 0.4) is 0 Å². The number of amides is 2. The normalized spacial score (nSPS) is 18.5. The van der Waals surface area contributed by atoms with Crippen LogP contribution in [0, 0.1) is 13.8 Å². The van der Waals surface area contributed by atoms with Crippen LogP contribution in [-0.4, -0.2) is 67.0 Å². The van der Waals surface area contributed by atoms with Crippen molar-refractivity contribution in [3.05, 3.63) is 29.3 Å². The first-order valence-corrected chi connectivity index (χ1v) is 10.5. The van der Waals surface area contributed by atoms with Crippen molar-refractivity contribution in [1.82, 2.24) is 15.1 Å². The van der Waals surface area contributed by atoms with Crippen LogP contribution in [0.15, 0.2) is 18.2 Å². The molecule has 0 saturated carbocycles. The highest BCUT2D eigenvalue weighted by Crippen LogP contribution is 2.26. The predicted molar refractivity (Wildman–Crippen MR) is 109 cm³/mol. The van der Waals surface area contributed by atoms with Crippen molar-refractivity contribution in [1.29, 1.82) is 0 Å². The van der Waals surface area contributed by atoms with Crippen LogP contribution >= 0.6 is 0 Å². The summed E-state index contributed by atoms with van der Waals surface area (Å²) in [4.78, 5) is 27.8. The minimum Gasteiger partial charge on any atom is -0.490 e. The summed E-state index contributed by atoms with van der Waals surface area (Å²) in [5.74, 6) is 1.33. The quantitative estimate of drug-likeness (QED) is 0.695. The van der Waals surface area contributed by atoms with Gasteiger partial charge in [0, 0.05) is 39.1 Å². The minimum absolute atomic E-state index is 0.0712. The van der Waals surface area contributed by atoms with Gasteiger partial charge in [0.05, 0.1) is 6.54 Å². The van der Waals surface area contributed by atoms with E-state index in [1.165, 1.54) is 11.1 Å². The molecule has 0 aromatic heterocycles. The van der Waals surface area contributed by atoms with Crippen LogP contribution in [-0.2, 0) is 9.59 Å². The lowest BCUT2D eigenvalue weighted by Crippen LogP contribution is -2.44. The third kappa shape index (κ3) is 5.71. The Labute approximate surface area is 168 Å². The summed E-state index contributed by atoms with van der Waals surface area (Å²) in [5.41, 5.74) is 2.36. The molecule has 1 N–H and O–H groups in total. The second-order valence-corrected chi connectivity index (χ2v) is 8.00.